The summed E-state index contributed by atoms with van der Waals surface area (Å²) in [5, 5.41) is 1.54. The third kappa shape index (κ3) is 3.87. The van der Waals surface area contributed by atoms with Gasteiger partial charge >= 0.3 is 0 Å². The highest BCUT2D eigenvalue weighted by Crippen LogP contribution is 2.21. The normalized spacial score (nSPS) is 16.4. The summed E-state index contributed by atoms with van der Waals surface area (Å²) in [6, 6.07) is 14.7. The minimum absolute atomic E-state index is 0.0293. The van der Waals surface area contributed by atoms with Crippen LogP contribution in [0, 0.1) is 0 Å². The van der Waals surface area contributed by atoms with Crippen LogP contribution in [-0.4, -0.2) is 65.3 Å². The van der Waals surface area contributed by atoms with Crippen LogP contribution in [0.1, 0.15) is 26.4 Å². The maximum Gasteiger partial charge on any atom is 0.270 e. The molecule has 31 heavy (non-hydrogen) atoms. The zero-order chi connectivity index (χ0) is 21.4. The molecule has 9 heteroatoms. The molecular formula is C22H21ClN6O2. The minimum Gasteiger partial charge on any atom is -0.351 e. The standard InChI is InChI=1S/C22H21ClN6O2/c23-17-5-6-18-16(11-17)12-19(26-18)22(31)29-9-7-28(8-10-29)21(30)15-3-1-14(2-4-15)20-24-13-25-27-20/h1-6,11-12,25-26H,7-10,13H2,(H,24,27). The number of amides is 2. The van der Waals surface area contributed by atoms with E-state index in [4.69, 9.17) is 11.6 Å². The van der Waals surface area contributed by atoms with Gasteiger partial charge in [-0.15, -0.1) is 0 Å². The molecule has 5 rings (SSSR count). The summed E-state index contributed by atoms with van der Waals surface area (Å²) in [5.41, 5.74) is 8.87. The van der Waals surface area contributed by atoms with E-state index in [0.717, 1.165) is 22.3 Å². The molecule has 3 N–H and O–H groups in total. The fraction of sp³-hybridized carbons (Fsp3) is 0.227. The van der Waals surface area contributed by atoms with Crippen molar-refractivity contribution < 1.29 is 9.59 Å². The first-order chi connectivity index (χ1) is 15.1. The summed E-state index contributed by atoms with van der Waals surface area (Å²) in [5.74, 6) is 0.672. The lowest BCUT2D eigenvalue weighted by Gasteiger charge is -2.34. The van der Waals surface area contributed by atoms with Gasteiger partial charge in [-0.25, -0.2) is 10.4 Å². The summed E-state index contributed by atoms with van der Waals surface area (Å²) < 4.78 is 0. The van der Waals surface area contributed by atoms with Crippen molar-refractivity contribution in [2.75, 3.05) is 32.8 Å². The predicted molar refractivity (Wildman–Crippen MR) is 119 cm³/mol. The highest BCUT2D eigenvalue weighted by molar-refractivity contribution is 6.31. The third-order valence-corrected chi connectivity index (χ3v) is 5.83. The quantitative estimate of drug-likeness (QED) is 0.587. The molecule has 8 nitrogen and oxygen atoms in total. The van der Waals surface area contributed by atoms with Gasteiger partial charge in [0.2, 0.25) is 0 Å². The molecule has 2 aliphatic heterocycles. The van der Waals surface area contributed by atoms with Gasteiger partial charge in [0.1, 0.15) is 18.2 Å². The number of hydrogen-bond acceptors (Lipinski definition) is 5. The molecule has 1 aromatic heterocycles. The molecule has 0 bridgehead atoms. The van der Waals surface area contributed by atoms with Gasteiger partial charge in [-0.2, -0.15) is 0 Å². The Hall–Kier alpha value is -3.36. The van der Waals surface area contributed by atoms with Crippen LogP contribution in [0.15, 0.2) is 53.5 Å². The Morgan fingerprint density at radius 3 is 2.29 bits per heavy atom. The molecule has 1 fully saturated rings. The average molecular weight is 437 g/mol. The molecule has 0 atom stereocenters. The highest BCUT2D eigenvalue weighted by Gasteiger charge is 2.26. The number of nitrogens with one attached hydrogen (secondary N) is 3. The average Bonchev–Trinajstić information content (AvgIpc) is 3.48. The van der Waals surface area contributed by atoms with Gasteiger partial charge < -0.3 is 20.2 Å². The summed E-state index contributed by atoms with van der Waals surface area (Å²) in [6.07, 6.45) is 0. The van der Waals surface area contributed by atoms with Crippen molar-refractivity contribution >= 4 is 40.2 Å². The van der Waals surface area contributed by atoms with Crippen LogP contribution in [-0.2, 0) is 0 Å². The SMILES string of the molecule is O=C(c1ccc(C2=NCNN2)cc1)N1CCN(C(=O)c2cc3cc(Cl)ccc3[nH]2)CC1. The Balaban J connectivity index is 1.22. The van der Waals surface area contributed by atoms with Crippen LogP contribution in [0.3, 0.4) is 0 Å². The van der Waals surface area contributed by atoms with E-state index >= 15 is 0 Å². The number of aromatic nitrogens is 1. The van der Waals surface area contributed by atoms with Crippen LogP contribution in [0.5, 0.6) is 0 Å². The van der Waals surface area contributed by atoms with E-state index in [1.807, 2.05) is 42.5 Å². The number of rotatable bonds is 3. The number of piperazine rings is 1. The number of carbonyl (C=O) groups is 2. The van der Waals surface area contributed by atoms with Crippen molar-refractivity contribution in [1.82, 2.24) is 25.6 Å². The van der Waals surface area contributed by atoms with E-state index in [1.165, 1.54) is 0 Å². The van der Waals surface area contributed by atoms with E-state index < -0.39 is 0 Å². The van der Waals surface area contributed by atoms with E-state index in [9.17, 15) is 9.59 Å². The third-order valence-electron chi connectivity index (χ3n) is 5.60. The second-order valence-corrected chi connectivity index (χ2v) is 7.98. The number of nitrogens with zero attached hydrogens (tertiary/aromatic N) is 3. The number of hydrogen-bond donors (Lipinski definition) is 3. The zero-order valence-electron chi connectivity index (χ0n) is 16.7. The Morgan fingerprint density at radius 1 is 0.903 bits per heavy atom. The monoisotopic (exact) mass is 436 g/mol. The summed E-state index contributed by atoms with van der Waals surface area (Å²) in [6.45, 7) is 2.51. The first-order valence-corrected chi connectivity index (χ1v) is 10.5. The second-order valence-electron chi connectivity index (χ2n) is 7.54. The largest absolute Gasteiger partial charge is 0.351 e. The molecule has 2 aliphatic rings. The Labute approximate surface area is 183 Å². The van der Waals surface area contributed by atoms with Gasteiger partial charge in [0.25, 0.3) is 11.8 Å². The van der Waals surface area contributed by atoms with Crippen LogP contribution < -0.4 is 10.9 Å². The van der Waals surface area contributed by atoms with E-state index in [0.29, 0.717) is 49.1 Å². The Bertz CT molecular complexity index is 1180. The van der Waals surface area contributed by atoms with Crippen molar-refractivity contribution in [3.8, 4) is 0 Å². The van der Waals surface area contributed by atoms with Crippen molar-refractivity contribution in [2.24, 2.45) is 4.99 Å². The molecule has 3 aromatic rings. The number of hydrazine groups is 1. The van der Waals surface area contributed by atoms with Crippen molar-refractivity contribution in [1.29, 1.82) is 0 Å². The molecule has 158 valence electrons. The van der Waals surface area contributed by atoms with E-state index in [1.54, 1.807) is 15.9 Å². The van der Waals surface area contributed by atoms with Crippen molar-refractivity contribution in [3.05, 3.63) is 70.4 Å². The highest BCUT2D eigenvalue weighted by atomic mass is 35.5. The van der Waals surface area contributed by atoms with Gasteiger partial charge in [0.15, 0.2) is 0 Å². The number of fused-ring (bicyclic) bond motifs is 1. The predicted octanol–water partition coefficient (Wildman–Crippen LogP) is 2.23. The Kier molecular flexibility index (Phi) is 5.09. The molecule has 3 heterocycles. The molecule has 0 saturated carbocycles. The van der Waals surface area contributed by atoms with Gasteiger partial charge in [-0.3, -0.25) is 9.59 Å². The van der Waals surface area contributed by atoms with E-state index in [-0.39, 0.29) is 11.8 Å². The molecule has 1 saturated heterocycles. The zero-order valence-corrected chi connectivity index (χ0v) is 17.4. The molecular weight excluding hydrogens is 416 g/mol. The topological polar surface area (TPSA) is 92.8 Å². The van der Waals surface area contributed by atoms with Gasteiger partial charge in [-0.05, 0) is 36.4 Å². The Morgan fingerprint density at radius 2 is 1.61 bits per heavy atom. The maximum atomic E-state index is 12.9. The van der Waals surface area contributed by atoms with E-state index in [2.05, 4.69) is 20.8 Å². The number of benzene rings is 2. The van der Waals surface area contributed by atoms with Crippen LogP contribution >= 0.6 is 11.6 Å². The van der Waals surface area contributed by atoms with Crippen molar-refractivity contribution in [2.45, 2.75) is 0 Å². The number of aromatic amines is 1. The maximum absolute atomic E-state index is 12.9. The van der Waals surface area contributed by atoms with Gasteiger partial charge in [0.05, 0.1) is 0 Å². The first-order valence-electron chi connectivity index (χ1n) is 10.1. The summed E-state index contributed by atoms with van der Waals surface area (Å²) in [7, 11) is 0. The minimum atomic E-state index is -0.0674. The summed E-state index contributed by atoms with van der Waals surface area (Å²) >= 11 is 6.04. The molecule has 2 aromatic carbocycles. The fourth-order valence-electron chi connectivity index (χ4n) is 3.90. The first kappa shape index (κ1) is 19.6. The lowest BCUT2D eigenvalue weighted by molar-refractivity contribution is 0.0533. The number of aliphatic imine (C=N–C) groups is 1. The second kappa shape index (κ2) is 8.05. The van der Waals surface area contributed by atoms with Crippen LogP contribution in [0.2, 0.25) is 5.02 Å². The molecule has 0 unspecified atom stereocenters. The van der Waals surface area contributed by atoms with Gasteiger partial charge in [0, 0.05) is 53.2 Å². The molecule has 2 amide bonds. The smallest absolute Gasteiger partial charge is 0.270 e. The number of halogens is 1. The van der Waals surface area contributed by atoms with Crippen LogP contribution in [0.25, 0.3) is 10.9 Å². The molecule has 0 spiro atoms. The number of H-pyrrole nitrogens is 1. The fourth-order valence-corrected chi connectivity index (χ4v) is 4.08. The van der Waals surface area contributed by atoms with Gasteiger partial charge in [-0.1, -0.05) is 23.7 Å². The number of amidine groups is 1. The van der Waals surface area contributed by atoms with Crippen molar-refractivity contribution in [3.63, 3.8) is 0 Å². The van der Waals surface area contributed by atoms with Crippen LogP contribution in [0.4, 0.5) is 0 Å². The number of carbonyl (C=O) groups excluding carboxylic acids is 2. The summed E-state index contributed by atoms with van der Waals surface area (Å²) in [4.78, 5) is 36.8. The molecule has 0 radical (unpaired) electrons. The molecule has 0 aliphatic carbocycles. The lowest BCUT2D eigenvalue weighted by Crippen LogP contribution is -2.50. The lowest BCUT2D eigenvalue weighted by atomic mass is 10.1.